The van der Waals surface area contributed by atoms with Crippen molar-refractivity contribution in [2.45, 2.75) is 33.2 Å². The van der Waals surface area contributed by atoms with Crippen LogP contribution in [0.4, 0.5) is 10.1 Å². The molecule has 0 saturated carbocycles. The molecular formula is C16H25FN2O2. The summed E-state index contributed by atoms with van der Waals surface area (Å²) in [5.74, 6) is -1.36. The van der Waals surface area contributed by atoms with E-state index in [-0.39, 0.29) is 12.4 Å². The van der Waals surface area contributed by atoms with Gasteiger partial charge in [-0.25, -0.2) is 4.39 Å². The van der Waals surface area contributed by atoms with Gasteiger partial charge in [-0.15, -0.1) is 0 Å². The smallest absolute Gasteiger partial charge is 0.323 e. The number of hydrogen-bond acceptors (Lipinski definition) is 3. The number of aliphatic carboxylic acids is 1. The van der Waals surface area contributed by atoms with Crippen molar-refractivity contribution in [3.63, 3.8) is 0 Å². The summed E-state index contributed by atoms with van der Waals surface area (Å²) >= 11 is 0. The summed E-state index contributed by atoms with van der Waals surface area (Å²) in [5.41, 5.74) is 1.34. The first-order chi connectivity index (χ1) is 9.97. The van der Waals surface area contributed by atoms with Gasteiger partial charge in [0.1, 0.15) is 12.4 Å². The summed E-state index contributed by atoms with van der Waals surface area (Å²) in [7, 11) is 1.59. The number of hydrogen-bond donors (Lipinski definition) is 1. The molecule has 118 valence electrons. The van der Waals surface area contributed by atoms with E-state index in [1.54, 1.807) is 19.2 Å². The second kappa shape index (κ2) is 8.62. The van der Waals surface area contributed by atoms with E-state index < -0.39 is 5.97 Å². The summed E-state index contributed by atoms with van der Waals surface area (Å²) in [6.45, 7) is 6.83. The second-order valence-electron chi connectivity index (χ2n) is 5.31. The van der Waals surface area contributed by atoms with Gasteiger partial charge in [-0.05, 0) is 43.6 Å². The van der Waals surface area contributed by atoms with Crippen LogP contribution in [-0.4, -0.2) is 42.7 Å². The van der Waals surface area contributed by atoms with Crippen LogP contribution in [0.5, 0.6) is 0 Å². The lowest BCUT2D eigenvalue weighted by Crippen LogP contribution is -2.27. The van der Waals surface area contributed by atoms with E-state index in [1.807, 2.05) is 0 Å². The molecule has 0 fully saturated rings. The first-order valence-corrected chi connectivity index (χ1v) is 7.41. The van der Waals surface area contributed by atoms with Gasteiger partial charge in [-0.2, -0.15) is 0 Å². The van der Waals surface area contributed by atoms with Crippen molar-refractivity contribution in [2.75, 3.05) is 31.6 Å². The quantitative estimate of drug-likeness (QED) is 0.761. The topological polar surface area (TPSA) is 43.8 Å². The molecule has 0 radical (unpaired) electrons. The Bertz CT molecular complexity index is 460. The standard InChI is InChI=1S/C16H25FN2O2/c1-4-8-19(9-5-2)11-13-6-7-14(17)15(10-13)18(3)12-16(20)21/h6-7,10H,4-5,8-9,11-12H2,1-3H3,(H,20,21). The molecule has 0 saturated heterocycles. The molecule has 0 amide bonds. The predicted octanol–water partition coefficient (Wildman–Crippen LogP) is 2.97. The van der Waals surface area contributed by atoms with E-state index in [2.05, 4.69) is 18.7 Å². The van der Waals surface area contributed by atoms with Gasteiger partial charge in [-0.3, -0.25) is 9.69 Å². The molecule has 0 aliphatic carbocycles. The zero-order valence-corrected chi connectivity index (χ0v) is 13.1. The monoisotopic (exact) mass is 296 g/mol. The van der Waals surface area contributed by atoms with Crippen molar-refractivity contribution >= 4 is 11.7 Å². The largest absolute Gasteiger partial charge is 0.480 e. The first kappa shape index (κ1) is 17.4. The molecule has 0 aliphatic rings. The number of anilines is 1. The lowest BCUT2D eigenvalue weighted by molar-refractivity contribution is -0.135. The number of carboxylic acids is 1. The van der Waals surface area contributed by atoms with Crippen LogP contribution in [0.15, 0.2) is 18.2 Å². The SMILES string of the molecule is CCCN(CCC)Cc1ccc(F)c(N(C)CC(=O)O)c1. The Morgan fingerprint density at radius 2 is 1.86 bits per heavy atom. The average Bonchev–Trinajstić information content (AvgIpc) is 2.40. The van der Waals surface area contributed by atoms with E-state index in [9.17, 15) is 9.18 Å². The lowest BCUT2D eigenvalue weighted by Gasteiger charge is -2.23. The van der Waals surface area contributed by atoms with Crippen LogP contribution in [0, 0.1) is 5.82 Å². The fraction of sp³-hybridized carbons (Fsp3) is 0.562. The van der Waals surface area contributed by atoms with Crippen molar-refractivity contribution in [2.24, 2.45) is 0 Å². The highest BCUT2D eigenvalue weighted by atomic mass is 19.1. The highest BCUT2D eigenvalue weighted by molar-refractivity contribution is 5.73. The molecule has 0 bridgehead atoms. The lowest BCUT2D eigenvalue weighted by atomic mass is 10.1. The zero-order valence-electron chi connectivity index (χ0n) is 13.1. The molecule has 0 unspecified atom stereocenters. The number of nitrogens with zero attached hydrogens (tertiary/aromatic N) is 2. The van der Waals surface area contributed by atoms with Gasteiger partial charge in [-0.1, -0.05) is 19.9 Å². The Morgan fingerprint density at radius 3 is 2.38 bits per heavy atom. The highest BCUT2D eigenvalue weighted by Crippen LogP contribution is 2.21. The van der Waals surface area contributed by atoms with Crippen LogP contribution < -0.4 is 4.90 Å². The van der Waals surface area contributed by atoms with Crippen molar-refractivity contribution in [1.82, 2.24) is 4.90 Å². The molecule has 0 spiro atoms. The highest BCUT2D eigenvalue weighted by Gasteiger charge is 2.12. The van der Waals surface area contributed by atoms with Crippen molar-refractivity contribution < 1.29 is 14.3 Å². The molecule has 0 heterocycles. The third-order valence-corrected chi connectivity index (χ3v) is 3.28. The van der Waals surface area contributed by atoms with Crippen molar-refractivity contribution in [3.05, 3.63) is 29.6 Å². The third-order valence-electron chi connectivity index (χ3n) is 3.28. The maximum atomic E-state index is 13.9. The Hall–Kier alpha value is -1.62. The van der Waals surface area contributed by atoms with Crippen molar-refractivity contribution in [3.8, 4) is 0 Å². The molecule has 1 aromatic rings. The van der Waals surface area contributed by atoms with Gasteiger partial charge < -0.3 is 10.0 Å². The number of rotatable bonds is 9. The number of likely N-dealkylation sites (N-methyl/N-ethyl adjacent to an activating group) is 1. The molecule has 1 rings (SSSR count). The van der Waals surface area contributed by atoms with Gasteiger partial charge in [0.2, 0.25) is 0 Å². The summed E-state index contributed by atoms with van der Waals surface area (Å²) in [5, 5.41) is 8.82. The van der Waals surface area contributed by atoms with E-state index >= 15 is 0 Å². The van der Waals surface area contributed by atoms with E-state index in [0.717, 1.165) is 38.0 Å². The molecular weight excluding hydrogens is 271 g/mol. The molecule has 1 aromatic carbocycles. The maximum absolute atomic E-state index is 13.9. The van der Waals surface area contributed by atoms with Crippen molar-refractivity contribution in [1.29, 1.82) is 0 Å². The minimum Gasteiger partial charge on any atom is -0.480 e. The van der Waals surface area contributed by atoms with Crippen LogP contribution >= 0.6 is 0 Å². The number of carboxylic acid groups (broad SMARTS) is 1. The summed E-state index contributed by atoms with van der Waals surface area (Å²) in [6, 6.07) is 4.93. The van der Waals surface area contributed by atoms with Crippen LogP contribution in [0.25, 0.3) is 0 Å². The first-order valence-electron chi connectivity index (χ1n) is 7.41. The summed E-state index contributed by atoms with van der Waals surface area (Å²) in [4.78, 5) is 14.5. The van der Waals surface area contributed by atoms with Gasteiger partial charge in [0.05, 0.1) is 5.69 Å². The number of carbonyl (C=O) groups is 1. The Labute approximate surface area is 126 Å². The van der Waals surface area contributed by atoms with Crippen LogP contribution in [0.3, 0.4) is 0 Å². The minimum absolute atomic E-state index is 0.214. The van der Waals surface area contributed by atoms with Crippen LogP contribution in [0.2, 0.25) is 0 Å². The molecule has 1 N–H and O–H groups in total. The van der Waals surface area contributed by atoms with Gasteiger partial charge >= 0.3 is 5.97 Å². The van der Waals surface area contributed by atoms with Gasteiger partial charge in [0.25, 0.3) is 0 Å². The summed E-state index contributed by atoms with van der Waals surface area (Å²) < 4.78 is 13.9. The molecule has 0 atom stereocenters. The minimum atomic E-state index is -0.971. The van der Waals surface area contributed by atoms with E-state index in [4.69, 9.17) is 5.11 Å². The molecule has 4 nitrogen and oxygen atoms in total. The fourth-order valence-electron chi connectivity index (χ4n) is 2.40. The Kier molecular flexibility index (Phi) is 7.15. The fourth-order valence-corrected chi connectivity index (χ4v) is 2.40. The number of benzene rings is 1. The Morgan fingerprint density at radius 1 is 1.24 bits per heavy atom. The zero-order chi connectivity index (χ0) is 15.8. The molecule has 5 heteroatoms. The second-order valence-corrected chi connectivity index (χ2v) is 5.31. The summed E-state index contributed by atoms with van der Waals surface area (Å²) in [6.07, 6.45) is 2.15. The Balaban J connectivity index is 2.86. The van der Waals surface area contributed by atoms with Crippen LogP contribution in [-0.2, 0) is 11.3 Å². The van der Waals surface area contributed by atoms with Crippen LogP contribution in [0.1, 0.15) is 32.3 Å². The molecule has 21 heavy (non-hydrogen) atoms. The van der Waals surface area contributed by atoms with Gasteiger partial charge in [0.15, 0.2) is 0 Å². The third kappa shape index (κ3) is 5.71. The van der Waals surface area contributed by atoms with Gasteiger partial charge in [0, 0.05) is 13.6 Å². The normalized spacial score (nSPS) is 10.9. The van der Waals surface area contributed by atoms with E-state index in [1.165, 1.54) is 11.0 Å². The predicted molar refractivity (Wildman–Crippen MR) is 83.2 cm³/mol. The number of halogens is 1. The molecule has 0 aliphatic heterocycles. The van der Waals surface area contributed by atoms with E-state index in [0.29, 0.717) is 5.69 Å². The molecule has 0 aromatic heterocycles. The maximum Gasteiger partial charge on any atom is 0.323 e. The average molecular weight is 296 g/mol.